The fourth-order valence-corrected chi connectivity index (χ4v) is 5.20. The zero-order chi connectivity index (χ0) is 34.6. The first-order valence-corrected chi connectivity index (χ1v) is 14.5. The van der Waals surface area contributed by atoms with Gasteiger partial charge >= 0.3 is 18.4 Å². The molecule has 0 unspecified atom stereocenters. The van der Waals surface area contributed by atoms with Gasteiger partial charge in [0.2, 0.25) is 0 Å². The molecule has 252 valence electrons. The molecule has 0 bridgehead atoms. The second-order valence-corrected chi connectivity index (χ2v) is 12.0. The largest absolute Gasteiger partial charge is 0.586 e. The number of rotatable bonds is 6. The van der Waals surface area contributed by atoms with Crippen molar-refractivity contribution in [3.05, 3.63) is 94.8 Å². The van der Waals surface area contributed by atoms with Crippen molar-refractivity contribution in [3.63, 3.8) is 0 Å². The van der Waals surface area contributed by atoms with Crippen LogP contribution in [0.5, 0.6) is 17.2 Å². The maximum Gasteiger partial charge on any atom is 0.586 e. The molecule has 0 saturated carbocycles. The number of alkyl halides is 5. The predicted octanol–water partition coefficient (Wildman–Crippen LogP) is 7.09. The van der Waals surface area contributed by atoms with Crippen LogP contribution < -0.4 is 19.1 Å². The van der Waals surface area contributed by atoms with Gasteiger partial charge in [-0.3, -0.25) is 4.79 Å². The molecule has 2 aliphatic heterocycles. The van der Waals surface area contributed by atoms with Gasteiger partial charge in [-0.25, -0.2) is 9.48 Å². The van der Waals surface area contributed by atoms with Gasteiger partial charge in [-0.1, -0.05) is 6.07 Å². The van der Waals surface area contributed by atoms with Crippen LogP contribution in [0.2, 0.25) is 0 Å². The molecule has 10 nitrogen and oxygen atoms in total. The van der Waals surface area contributed by atoms with E-state index in [-0.39, 0.29) is 64.2 Å². The van der Waals surface area contributed by atoms with Crippen molar-refractivity contribution in [2.75, 3.05) is 18.6 Å². The minimum atomic E-state index is -4.83. The van der Waals surface area contributed by atoms with Crippen LogP contribution in [0.25, 0.3) is 5.69 Å². The van der Waals surface area contributed by atoms with Crippen LogP contribution in [0.3, 0.4) is 0 Å². The highest BCUT2D eigenvalue weighted by atomic mass is 19.4. The number of amides is 1. The first-order chi connectivity index (χ1) is 22.5. The lowest BCUT2D eigenvalue weighted by Gasteiger charge is -2.26. The average Bonchev–Trinajstić information content (AvgIpc) is 3.57. The Morgan fingerprint density at radius 3 is 2.35 bits per heavy atom. The predicted molar refractivity (Wildman–Crippen MR) is 159 cm³/mol. The molecular weight excluding hydrogens is 645 g/mol. The molecule has 1 amide bonds. The molecule has 48 heavy (non-hydrogen) atoms. The van der Waals surface area contributed by atoms with Crippen LogP contribution in [-0.4, -0.2) is 47.2 Å². The van der Waals surface area contributed by atoms with E-state index >= 15 is 0 Å². The summed E-state index contributed by atoms with van der Waals surface area (Å²) in [5.74, 6) is -1.36. The molecule has 2 aliphatic rings. The van der Waals surface area contributed by atoms with E-state index in [1.807, 2.05) is 0 Å². The number of aromatic nitrogens is 2. The Bertz CT molecular complexity index is 1880. The molecule has 0 saturated heterocycles. The van der Waals surface area contributed by atoms with Gasteiger partial charge in [0.05, 0.1) is 30.2 Å². The molecular formula is C33H28F5N3O7. The van der Waals surface area contributed by atoms with Gasteiger partial charge in [0.15, 0.2) is 23.3 Å². The normalized spacial score (nSPS) is 16.6. The van der Waals surface area contributed by atoms with Crippen LogP contribution in [0.4, 0.5) is 27.6 Å². The molecule has 0 aliphatic carbocycles. The second-order valence-electron chi connectivity index (χ2n) is 12.0. The van der Waals surface area contributed by atoms with Crippen molar-refractivity contribution in [1.82, 2.24) is 9.78 Å². The summed E-state index contributed by atoms with van der Waals surface area (Å²) in [7, 11) is 1.40. The Morgan fingerprint density at radius 1 is 0.958 bits per heavy atom. The molecule has 1 atom stereocenters. The van der Waals surface area contributed by atoms with E-state index in [1.54, 1.807) is 20.8 Å². The summed E-state index contributed by atoms with van der Waals surface area (Å²) in [6.45, 7) is 4.70. The molecule has 1 aromatic heterocycles. The van der Waals surface area contributed by atoms with E-state index in [0.29, 0.717) is 0 Å². The average molecular weight is 674 g/mol. The van der Waals surface area contributed by atoms with E-state index < -0.39 is 41.7 Å². The number of halogens is 5. The lowest BCUT2D eigenvalue weighted by atomic mass is 10.1. The summed E-state index contributed by atoms with van der Waals surface area (Å²) in [6, 6.07) is 15.5. The minimum Gasteiger partial charge on any atom is -0.482 e. The SMILES string of the molecule is CN(C(=O)c1cccc(-n2nc(C(F)(F)F)c3c2[C@@H](Oc2ccc(C(=O)OC(C)(C)C)cc2)COC3)c1)c1ccc2c(c1)OC(F)(F)O2. The van der Waals surface area contributed by atoms with Crippen LogP contribution in [0.1, 0.15) is 64.5 Å². The standard InChI is InChI=1S/C33H28F5N3O7/c1-31(2,3)48-30(43)18-8-11-22(12-9-18)45-26-17-44-16-23-27(26)41(39-28(23)32(34,35)36)21-7-5-6-19(14-21)29(42)40(4)20-10-13-24-25(15-20)47-33(37,38)46-24/h5-15,26H,16-17H2,1-4H3/t26-/m0/s1. The van der Waals surface area contributed by atoms with Crippen molar-refractivity contribution >= 4 is 17.6 Å². The van der Waals surface area contributed by atoms with Crippen molar-refractivity contribution in [2.45, 2.75) is 51.6 Å². The Kier molecular flexibility index (Phi) is 8.06. The second kappa shape index (κ2) is 11.8. The number of nitrogens with zero attached hydrogens (tertiary/aromatic N) is 3. The Morgan fingerprint density at radius 2 is 1.67 bits per heavy atom. The first kappa shape index (κ1) is 32.7. The lowest BCUT2D eigenvalue weighted by Crippen LogP contribution is -2.27. The molecule has 0 spiro atoms. The maximum absolute atomic E-state index is 14.2. The summed E-state index contributed by atoms with van der Waals surface area (Å²) in [6.07, 6.45) is -9.73. The zero-order valence-corrected chi connectivity index (χ0v) is 25.9. The highest BCUT2D eigenvalue weighted by molar-refractivity contribution is 6.06. The Hall–Kier alpha value is -5.18. The topological polar surface area (TPSA) is 101 Å². The molecule has 0 fully saturated rings. The monoisotopic (exact) mass is 673 g/mol. The van der Waals surface area contributed by atoms with Gasteiger partial charge in [0, 0.05) is 29.9 Å². The van der Waals surface area contributed by atoms with Crippen LogP contribution in [0.15, 0.2) is 66.7 Å². The number of anilines is 1. The molecule has 15 heteroatoms. The summed E-state index contributed by atoms with van der Waals surface area (Å²) < 4.78 is 96.5. The molecule has 0 radical (unpaired) electrons. The minimum absolute atomic E-state index is 0.0677. The highest BCUT2D eigenvalue weighted by Crippen LogP contribution is 2.43. The number of fused-ring (bicyclic) bond motifs is 2. The van der Waals surface area contributed by atoms with Gasteiger partial charge in [-0.15, -0.1) is 8.78 Å². The van der Waals surface area contributed by atoms with Crippen molar-refractivity contribution in [2.24, 2.45) is 0 Å². The van der Waals surface area contributed by atoms with E-state index in [0.717, 1.165) is 4.68 Å². The fourth-order valence-electron chi connectivity index (χ4n) is 5.20. The smallest absolute Gasteiger partial charge is 0.482 e. The van der Waals surface area contributed by atoms with Crippen molar-refractivity contribution in [1.29, 1.82) is 0 Å². The van der Waals surface area contributed by atoms with Crippen LogP contribution in [0, 0.1) is 0 Å². The van der Waals surface area contributed by atoms with E-state index in [1.165, 1.54) is 78.7 Å². The quantitative estimate of drug-likeness (QED) is 0.158. The van der Waals surface area contributed by atoms with E-state index in [4.69, 9.17) is 14.2 Å². The first-order valence-electron chi connectivity index (χ1n) is 14.5. The number of benzene rings is 3. The number of esters is 1. The third kappa shape index (κ3) is 6.63. The highest BCUT2D eigenvalue weighted by Gasteiger charge is 2.44. The molecule has 6 rings (SSSR count). The van der Waals surface area contributed by atoms with E-state index in [9.17, 15) is 31.5 Å². The third-order valence-electron chi connectivity index (χ3n) is 7.29. The van der Waals surface area contributed by atoms with E-state index in [2.05, 4.69) is 14.6 Å². The summed E-state index contributed by atoms with van der Waals surface area (Å²) in [5, 5.41) is 3.90. The number of carbonyl (C=O) groups excluding carboxylic acids is 2. The fraction of sp³-hybridized carbons (Fsp3) is 0.303. The summed E-state index contributed by atoms with van der Waals surface area (Å²) >= 11 is 0. The number of carbonyl (C=O) groups is 2. The van der Waals surface area contributed by atoms with Gasteiger partial charge in [0.1, 0.15) is 11.4 Å². The number of hydrogen-bond donors (Lipinski definition) is 0. The Balaban J connectivity index is 1.31. The molecule has 4 aromatic rings. The maximum atomic E-state index is 14.2. The van der Waals surface area contributed by atoms with Gasteiger partial charge in [-0.05, 0) is 75.4 Å². The molecule has 3 heterocycles. The number of ether oxygens (including phenoxy) is 5. The number of hydrogen-bond acceptors (Lipinski definition) is 8. The Labute approximate surface area is 270 Å². The zero-order valence-electron chi connectivity index (χ0n) is 25.9. The van der Waals surface area contributed by atoms with Crippen LogP contribution in [-0.2, 0) is 22.3 Å². The lowest BCUT2D eigenvalue weighted by molar-refractivity contribution is -0.286. The van der Waals surface area contributed by atoms with Gasteiger partial charge < -0.3 is 28.6 Å². The van der Waals surface area contributed by atoms with Crippen LogP contribution >= 0.6 is 0 Å². The third-order valence-corrected chi connectivity index (χ3v) is 7.29. The van der Waals surface area contributed by atoms with Crippen molar-refractivity contribution < 1.29 is 55.2 Å². The molecule has 0 N–H and O–H groups in total. The summed E-state index contributed by atoms with van der Waals surface area (Å²) in [4.78, 5) is 27.1. The van der Waals surface area contributed by atoms with Crippen molar-refractivity contribution in [3.8, 4) is 22.9 Å². The van der Waals surface area contributed by atoms with Gasteiger partial charge in [-0.2, -0.15) is 18.3 Å². The summed E-state index contributed by atoms with van der Waals surface area (Å²) in [5.41, 5.74) is -1.38. The molecule has 3 aromatic carbocycles. The van der Waals surface area contributed by atoms with Gasteiger partial charge in [0.25, 0.3) is 5.91 Å².